The van der Waals surface area contributed by atoms with Gasteiger partial charge in [-0.2, -0.15) is 0 Å². The molecule has 48 heavy (non-hydrogen) atoms. The van der Waals surface area contributed by atoms with Gasteiger partial charge >= 0.3 is 6.03 Å². The standard InChI is InChI=1S/C34H34ClFN8O4/c1-48-30-19-28-25(33(38-21-37-28)39-23-7-8-27(36)26(35)17-23)18-29(30)40-31(45)6-3-10-42-12-14-43(15-13-42)20-22-4-2-5-24(16-22)44-11-9-32(46)41-34(44)47/h2-8,16-19,21H,9-15,20H2,1H3,(H,40,45)(H,37,38,39)(H,41,46,47)/b6-3+. The largest absolute Gasteiger partial charge is 0.494 e. The molecule has 12 nitrogen and oxygen atoms in total. The second-order valence-corrected chi connectivity index (χ2v) is 11.8. The lowest BCUT2D eigenvalue weighted by molar-refractivity contribution is -0.120. The lowest BCUT2D eigenvalue weighted by atomic mass is 10.1. The zero-order valence-corrected chi connectivity index (χ0v) is 27.0. The Morgan fingerprint density at radius 2 is 1.85 bits per heavy atom. The van der Waals surface area contributed by atoms with Gasteiger partial charge in [-0.25, -0.2) is 19.2 Å². The molecule has 4 aromatic rings. The lowest BCUT2D eigenvalue weighted by Gasteiger charge is -2.34. The number of nitrogens with one attached hydrogen (secondary N) is 3. The average Bonchev–Trinajstić information content (AvgIpc) is 3.07. The van der Waals surface area contributed by atoms with Crippen LogP contribution in [0, 0.1) is 5.82 Å². The van der Waals surface area contributed by atoms with Gasteiger partial charge in [0, 0.05) is 81.1 Å². The molecule has 0 spiro atoms. The van der Waals surface area contributed by atoms with Crippen molar-refractivity contribution in [2.45, 2.75) is 13.0 Å². The van der Waals surface area contributed by atoms with Crippen LogP contribution in [0.4, 0.5) is 32.1 Å². The second-order valence-electron chi connectivity index (χ2n) is 11.4. The second kappa shape index (κ2) is 14.8. The number of piperazine rings is 1. The van der Waals surface area contributed by atoms with Gasteiger partial charge in [-0.1, -0.05) is 29.8 Å². The quantitative estimate of drug-likeness (QED) is 0.201. The van der Waals surface area contributed by atoms with E-state index in [-0.39, 0.29) is 29.3 Å². The molecule has 3 heterocycles. The summed E-state index contributed by atoms with van der Waals surface area (Å²) in [6.45, 7) is 5.15. The highest BCUT2D eigenvalue weighted by Crippen LogP contribution is 2.33. The summed E-state index contributed by atoms with van der Waals surface area (Å²) in [5, 5.41) is 9.00. The third-order valence-corrected chi connectivity index (χ3v) is 8.47. The number of carbonyl (C=O) groups excluding carboxylic acids is 3. The maximum absolute atomic E-state index is 13.6. The Morgan fingerprint density at radius 3 is 2.62 bits per heavy atom. The Balaban J connectivity index is 1.02. The number of halogens is 2. The van der Waals surface area contributed by atoms with Crippen molar-refractivity contribution in [3.8, 4) is 5.75 Å². The number of methoxy groups -OCH3 is 1. The first-order valence-corrected chi connectivity index (χ1v) is 15.8. The normalized spacial score (nSPS) is 15.9. The Labute approximate surface area is 281 Å². The number of imide groups is 1. The van der Waals surface area contributed by atoms with E-state index in [9.17, 15) is 18.8 Å². The van der Waals surface area contributed by atoms with E-state index in [1.807, 2.05) is 30.3 Å². The van der Waals surface area contributed by atoms with E-state index in [0.717, 1.165) is 44.0 Å². The number of hydrogen-bond acceptors (Lipinski definition) is 9. The molecule has 248 valence electrons. The smallest absolute Gasteiger partial charge is 0.328 e. The van der Waals surface area contributed by atoms with Crippen molar-refractivity contribution in [3.05, 3.63) is 89.5 Å². The lowest BCUT2D eigenvalue weighted by Crippen LogP contribution is -2.49. The Kier molecular flexibility index (Phi) is 10.1. The van der Waals surface area contributed by atoms with E-state index in [4.69, 9.17) is 16.3 Å². The number of fused-ring (bicyclic) bond motifs is 1. The number of anilines is 4. The number of benzene rings is 3. The molecule has 2 aliphatic heterocycles. The van der Waals surface area contributed by atoms with Crippen LogP contribution in [0.3, 0.4) is 0 Å². The molecule has 0 saturated carbocycles. The maximum atomic E-state index is 13.6. The summed E-state index contributed by atoms with van der Waals surface area (Å²) in [6, 6.07) is 15.2. The van der Waals surface area contributed by atoms with Crippen LogP contribution in [0.15, 0.2) is 73.1 Å². The van der Waals surface area contributed by atoms with Crippen LogP contribution >= 0.6 is 11.6 Å². The van der Waals surface area contributed by atoms with Crippen molar-refractivity contribution in [1.82, 2.24) is 25.1 Å². The summed E-state index contributed by atoms with van der Waals surface area (Å²) in [7, 11) is 1.51. The minimum atomic E-state index is -0.523. The molecule has 6 rings (SSSR count). The zero-order valence-electron chi connectivity index (χ0n) is 26.2. The maximum Gasteiger partial charge on any atom is 0.328 e. The number of hydrogen-bond donors (Lipinski definition) is 3. The molecule has 0 radical (unpaired) electrons. The highest BCUT2D eigenvalue weighted by atomic mass is 35.5. The molecule has 0 aliphatic carbocycles. The number of ether oxygens (including phenoxy) is 1. The van der Waals surface area contributed by atoms with Gasteiger partial charge in [0.25, 0.3) is 0 Å². The topological polar surface area (TPSA) is 132 Å². The van der Waals surface area contributed by atoms with E-state index in [2.05, 4.69) is 35.7 Å². The van der Waals surface area contributed by atoms with Crippen LogP contribution in [0.1, 0.15) is 12.0 Å². The van der Waals surface area contributed by atoms with E-state index in [0.29, 0.717) is 46.9 Å². The fourth-order valence-corrected chi connectivity index (χ4v) is 5.85. The van der Waals surface area contributed by atoms with Crippen LogP contribution in [-0.4, -0.2) is 84.0 Å². The molecule has 1 aromatic heterocycles. The van der Waals surface area contributed by atoms with Crippen molar-refractivity contribution in [3.63, 3.8) is 0 Å². The monoisotopic (exact) mass is 672 g/mol. The third kappa shape index (κ3) is 7.88. The van der Waals surface area contributed by atoms with Crippen molar-refractivity contribution in [2.24, 2.45) is 0 Å². The summed E-state index contributed by atoms with van der Waals surface area (Å²) in [6.07, 6.45) is 5.03. The summed E-state index contributed by atoms with van der Waals surface area (Å²) < 4.78 is 19.2. The first-order valence-electron chi connectivity index (χ1n) is 15.4. The first-order chi connectivity index (χ1) is 23.2. The fraction of sp³-hybridized carbons (Fsp3) is 0.265. The van der Waals surface area contributed by atoms with Crippen LogP contribution in [0.25, 0.3) is 10.9 Å². The summed E-state index contributed by atoms with van der Waals surface area (Å²) in [5.74, 6) is -0.190. The van der Waals surface area contributed by atoms with Gasteiger partial charge in [-0.05, 0) is 42.0 Å². The fourth-order valence-electron chi connectivity index (χ4n) is 5.67. The predicted molar refractivity (Wildman–Crippen MR) is 182 cm³/mol. The molecule has 2 saturated heterocycles. The summed E-state index contributed by atoms with van der Waals surface area (Å²) in [5.41, 5.74) is 3.46. The molecular weight excluding hydrogens is 639 g/mol. The van der Waals surface area contributed by atoms with Gasteiger partial charge in [0.1, 0.15) is 23.7 Å². The Bertz CT molecular complexity index is 1880. The number of urea groups is 1. The van der Waals surface area contributed by atoms with Gasteiger partial charge in [-0.3, -0.25) is 29.6 Å². The molecule has 14 heteroatoms. The highest BCUT2D eigenvalue weighted by Gasteiger charge is 2.24. The average molecular weight is 673 g/mol. The molecule has 2 aliphatic rings. The van der Waals surface area contributed by atoms with Crippen LogP contribution in [0.5, 0.6) is 5.75 Å². The molecule has 3 aromatic carbocycles. The predicted octanol–water partition coefficient (Wildman–Crippen LogP) is 4.93. The summed E-state index contributed by atoms with van der Waals surface area (Å²) in [4.78, 5) is 51.5. The van der Waals surface area contributed by atoms with E-state index in [1.165, 1.54) is 31.6 Å². The van der Waals surface area contributed by atoms with Gasteiger partial charge in [0.05, 0.1) is 23.3 Å². The molecule has 4 amide bonds. The number of carbonyl (C=O) groups is 3. The van der Waals surface area contributed by atoms with Gasteiger partial charge < -0.3 is 15.4 Å². The number of aromatic nitrogens is 2. The Hall–Kier alpha value is -5.11. The van der Waals surface area contributed by atoms with Crippen LogP contribution in [0.2, 0.25) is 5.02 Å². The van der Waals surface area contributed by atoms with Gasteiger partial charge in [-0.15, -0.1) is 0 Å². The van der Waals surface area contributed by atoms with E-state index in [1.54, 1.807) is 23.1 Å². The van der Waals surface area contributed by atoms with E-state index < -0.39 is 5.82 Å². The minimum absolute atomic E-state index is 0.0190. The summed E-state index contributed by atoms with van der Waals surface area (Å²) >= 11 is 5.94. The van der Waals surface area contributed by atoms with Crippen molar-refractivity contribution in [2.75, 3.05) is 61.9 Å². The van der Waals surface area contributed by atoms with Gasteiger partial charge in [0.15, 0.2) is 0 Å². The van der Waals surface area contributed by atoms with Crippen LogP contribution in [-0.2, 0) is 16.1 Å². The third-order valence-electron chi connectivity index (χ3n) is 8.18. The molecular formula is C34H34ClFN8O4. The van der Waals surface area contributed by atoms with Crippen molar-refractivity contribution < 1.29 is 23.5 Å². The molecule has 2 fully saturated rings. The first kappa shape index (κ1) is 32.8. The molecule has 0 atom stereocenters. The van der Waals surface area contributed by atoms with Crippen molar-refractivity contribution >= 4 is 63.2 Å². The van der Waals surface area contributed by atoms with E-state index >= 15 is 0 Å². The zero-order chi connectivity index (χ0) is 33.6. The number of amides is 4. The SMILES string of the molecule is COc1cc2ncnc(Nc3ccc(F)c(Cl)c3)c2cc1NC(=O)/C=C/CN1CCN(Cc2cccc(N3CCC(=O)NC3=O)c2)CC1. The minimum Gasteiger partial charge on any atom is -0.494 e. The number of rotatable bonds is 10. The molecule has 0 unspecified atom stereocenters. The Morgan fingerprint density at radius 1 is 1.04 bits per heavy atom. The highest BCUT2D eigenvalue weighted by molar-refractivity contribution is 6.31. The van der Waals surface area contributed by atoms with Gasteiger partial charge in [0.2, 0.25) is 11.8 Å². The molecule has 3 N–H and O–H groups in total. The van der Waals surface area contributed by atoms with Crippen LogP contribution < -0.4 is 25.6 Å². The molecule has 0 bridgehead atoms. The number of nitrogens with zero attached hydrogens (tertiary/aromatic N) is 5. The van der Waals surface area contributed by atoms with Crippen molar-refractivity contribution in [1.29, 1.82) is 0 Å².